The first-order valence-electron chi connectivity index (χ1n) is 7.41. The van der Waals surface area contributed by atoms with Crippen LogP contribution >= 0.6 is 0 Å². The third-order valence-corrected chi connectivity index (χ3v) is 3.80. The molecule has 0 fully saturated rings. The molecular formula is C15H11F8N3O2. The van der Waals surface area contributed by atoms with Crippen molar-refractivity contribution in [3.8, 4) is 0 Å². The smallest absolute Gasteiger partial charge is 0.267 e. The lowest BCUT2D eigenvalue weighted by Crippen LogP contribution is -2.41. The second-order valence-corrected chi connectivity index (χ2v) is 5.88. The molecule has 0 aliphatic carbocycles. The molecule has 0 atom stereocenters. The summed E-state index contributed by atoms with van der Waals surface area (Å²) in [4.78, 5) is 10.1. The fourth-order valence-electron chi connectivity index (χ4n) is 2.43. The van der Waals surface area contributed by atoms with Crippen LogP contribution in [0.25, 0.3) is 0 Å². The molecule has 1 aromatic heterocycles. The maximum atomic E-state index is 13.9. The van der Waals surface area contributed by atoms with Crippen LogP contribution in [0.3, 0.4) is 0 Å². The Balaban J connectivity index is 2.50. The number of nitro benzene ring substituents is 1. The van der Waals surface area contributed by atoms with Crippen molar-refractivity contribution in [1.29, 1.82) is 0 Å². The molecule has 0 aliphatic rings. The van der Waals surface area contributed by atoms with Crippen molar-refractivity contribution in [3.05, 3.63) is 56.9 Å². The molecule has 0 radical (unpaired) electrons. The van der Waals surface area contributed by atoms with E-state index in [0.717, 1.165) is 12.1 Å². The largest absolute Gasteiger partial charge is 0.435 e. The molecule has 0 spiro atoms. The monoisotopic (exact) mass is 417 g/mol. The molecule has 0 amide bonds. The normalized spacial score (nSPS) is 13.0. The van der Waals surface area contributed by atoms with Gasteiger partial charge in [0.2, 0.25) is 0 Å². The highest BCUT2D eigenvalue weighted by molar-refractivity contribution is 5.42. The molecule has 0 bridgehead atoms. The van der Waals surface area contributed by atoms with Crippen molar-refractivity contribution in [3.63, 3.8) is 0 Å². The first-order chi connectivity index (χ1) is 12.7. The Kier molecular flexibility index (Phi) is 5.41. The zero-order valence-corrected chi connectivity index (χ0v) is 13.9. The lowest BCUT2D eigenvalue weighted by molar-refractivity contribution is -0.385. The standard InChI is InChI=1S/C15H11F8N3O2/c1-8-4-9(2-3-11(8)26(27)28)5-25-6-10(12(24-25)15(21,22)23)14(19,20)13(17,18)7-16/h2-4,6H,5,7H2,1H3. The van der Waals surface area contributed by atoms with Crippen LogP contribution < -0.4 is 0 Å². The van der Waals surface area contributed by atoms with Crippen LogP contribution in [-0.2, 0) is 18.6 Å². The van der Waals surface area contributed by atoms with Crippen molar-refractivity contribution >= 4 is 5.69 Å². The summed E-state index contributed by atoms with van der Waals surface area (Å²) < 4.78 is 106. The minimum Gasteiger partial charge on any atom is -0.267 e. The van der Waals surface area contributed by atoms with Gasteiger partial charge in [-0.1, -0.05) is 6.07 Å². The van der Waals surface area contributed by atoms with Gasteiger partial charge in [0, 0.05) is 17.8 Å². The van der Waals surface area contributed by atoms with E-state index in [1.54, 1.807) is 0 Å². The zero-order valence-electron chi connectivity index (χ0n) is 13.9. The Bertz CT molecular complexity index is 892. The minimum absolute atomic E-state index is 0.0587. The van der Waals surface area contributed by atoms with Crippen molar-refractivity contribution in [2.45, 2.75) is 31.5 Å². The maximum Gasteiger partial charge on any atom is 0.435 e. The van der Waals surface area contributed by atoms with E-state index in [4.69, 9.17) is 0 Å². The van der Waals surface area contributed by atoms with E-state index in [9.17, 15) is 45.2 Å². The van der Waals surface area contributed by atoms with Crippen molar-refractivity contribution < 1.29 is 40.0 Å². The van der Waals surface area contributed by atoms with Gasteiger partial charge in [0.15, 0.2) is 12.4 Å². The van der Waals surface area contributed by atoms with Crippen LogP contribution in [-0.4, -0.2) is 27.3 Å². The Morgan fingerprint density at radius 2 is 1.75 bits per heavy atom. The number of rotatable bonds is 6. The molecule has 0 unspecified atom stereocenters. The molecule has 1 aromatic carbocycles. The summed E-state index contributed by atoms with van der Waals surface area (Å²) in [5.41, 5.74) is -4.44. The van der Waals surface area contributed by atoms with Gasteiger partial charge in [-0.25, -0.2) is 4.39 Å². The van der Waals surface area contributed by atoms with E-state index in [1.807, 2.05) is 0 Å². The number of nitro groups is 1. The minimum atomic E-state index is -5.50. The molecule has 5 nitrogen and oxygen atoms in total. The van der Waals surface area contributed by atoms with Crippen molar-refractivity contribution in [1.82, 2.24) is 9.78 Å². The molecule has 2 rings (SSSR count). The summed E-state index contributed by atoms with van der Waals surface area (Å²) in [5.74, 6) is -10.8. The van der Waals surface area contributed by atoms with E-state index < -0.39 is 47.4 Å². The molecule has 154 valence electrons. The average Bonchev–Trinajstić information content (AvgIpc) is 2.99. The second kappa shape index (κ2) is 7.02. The summed E-state index contributed by atoms with van der Waals surface area (Å²) in [6.07, 6.45) is -5.44. The van der Waals surface area contributed by atoms with Crippen LogP contribution in [0.2, 0.25) is 0 Å². The van der Waals surface area contributed by atoms with Crippen LogP contribution in [0.4, 0.5) is 40.8 Å². The Hall–Kier alpha value is -2.73. The van der Waals surface area contributed by atoms with Crippen molar-refractivity contribution in [2.24, 2.45) is 0 Å². The molecule has 0 N–H and O–H groups in total. The SMILES string of the molecule is Cc1cc(Cn2cc(C(F)(F)C(F)(F)CF)c(C(F)(F)F)n2)ccc1[N+](=O)[O-]. The molecule has 1 heterocycles. The number of aryl methyl sites for hydroxylation is 1. The average molecular weight is 417 g/mol. The van der Waals surface area contributed by atoms with Crippen LogP contribution in [0, 0.1) is 17.0 Å². The highest BCUT2D eigenvalue weighted by Gasteiger charge is 2.61. The number of alkyl halides is 8. The van der Waals surface area contributed by atoms with Gasteiger partial charge in [-0.2, -0.15) is 35.8 Å². The van der Waals surface area contributed by atoms with E-state index in [2.05, 4.69) is 5.10 Å². The van der Waals surface area contributed by atoms with Crippen molar-refractivity contribution in [2.75, 3.05) is 6.67 Å². The first kappa shape index (κ1) is 21.6. The third kappa shape index (κ3) is 3.92. The predicted molar refractivity (Wildman–Crippen MR) is 79.0 cm³/mol. The van der Waals surface area contributed by atoms with Gasteiger partial charge < -0.3 is 0 Å². The van der Waals surface area contributed by atoms with E-state index in [-0.39, 0.29) is 23.0 Å². The van der Waals surface area contributed by atoms with Crippen LogP contribution in [0.1, 0.15) is 22.4 Å². The number of aromatic nitrogens is 2. The topological polar surface area (TPSA) is 61.0 Å². The lowest BCUT2D eigenvalue weighted by Gasteiger charge is -2.24. The van der Waals surface area contributed by atoms with Crippen LogP contribution in [0.5, 0.6) is 0 Å². The molecule has 13 heteroatoms. The summed E-state index contributed by atoms with van der Waals surface area (Å²) in [6, 6.07) is 3.40. The molecule has 0 aliphatic heterocycles. The second-order valence-electron chi connectivity index (χ2n) is 5.88. The number of nitrogens with zero attached hydrogens (tertiary/aromatic N) is 3. The fraction of sp³-hybridized carbons (Fsp3) is 0.400. The first-order valence-corrected chi connectivity index (χ1v) is 7.41. The molecule has 28 heavy (non-hydrogen) atoms. The van der Waals surface area contributed by atoms with Gasteiger partial charge in [-0.05, 0) is 18.6 Å². The van der Waals surface area contributed by atoms with Gasteiger partial charge >= 0.3 is 18.0 Å². The Morgan fingerprint density at radius 1 is 1.14 bits per heavy atom. The van der Waals surface area contributed by atoms with Gasteiger partial charge in [0.05, 0.1) is 17.0 Å². The highest BCUT2D eigenvalue weighted by Crippen LogP contribution is 2.47. The van der Waals surface area contributed by atoms with Gasteiger partial charge in [0.25, 0.3) is 5.69 Å². The number of benzene rings is 1. The zero-order chi connectivity index (χ0) is 21.5. The highest BCUT2D eigenvalue weighted by atomic mass is 19.4. The van der Waals surface area contributed by atoms with Gasteiger partial charge in [0.1, 0.15) is 0 Å². The fourth-order valence-corrected chi connectivity index (χ4v) is 2.43. The molecular weight excluding hydrogens is 406 g/mol. The summed E-state index contributed by atoms with van der Waals surface area (Å²) in [7, 11) is 0. The molecule has 0 saturated heterocycles. The van der Waals surface area contributed by atoms with Gasteiger partial charge in [-0.3, -0.25) is 14.8 Å². The van der Waals surface area contributed by atoms with E-state index in [0.29, 0.717) is 4.68 Å². The Morgan fingerprint density at radius 3 is 2.21 bits per heavy atom. The number of hydrogen-bond donors (Lipinski definition) is 0. The quantitative estimate of drug-likeness (QED) is 0.383. The lowest BCUT2D eigenvalue weighted by atomic mass is 10.0. The predicted octanol–water partition coefficient (Wildman–Crippen LogP) is 4.86. The third-order valence-electron chi connectivity index (χ3n) is 3.80. The summed E-state index contributed by atoms with van der Waals surface area (Å²) in [5, 5.41) is 13.7. The Labute approximate surface area is 151 Å². The molecule has 2 aromatic rings. The van der Waals surface area contributed by atoms with E-state index in [1.165, 1.54) is 13.0 Å². The summed E-state index contributed by atoms with van der Waals surface area (Å²) in [6.45, 7) is -2.10. The van der Waals surface area contributed by atoms with E-state index >= 15 is 0 Å². The van der Waals surface area contributed by atoms with Gasteiger partial charge in [-0.15, -0.1) is 0 Å². The summed E-state index contributed by atoms with van der Waals surface area (Å²) >= 11 is 0. The number of halogens is 8. The number of hydrogen-bond acceptors (Lipinski definition) is 3. The maximum absolute atomic E-state index is 13.9. The molecule has 0 saturated carbocycles. The van der Waals surface area contributed by atoms with Crippen LogP contribution in [0.15, 0.2) is 24.4 Å².